The lowest BCUT2D eigenvalue weighted by Gasteiger charge is -2.30. The van der Waals surface area contributed by atoms with Gasteiger partial charge in [0.1, 0.15) is 11.6 Å². The molecule has 0 aliphatic carbocycles. The molecule has 1 amide bonds. The summed E-state index contributed by atoms with van der Waals surface area (Å²) in [6.07, 6.45) is -3.08. The predicted molar refractivity (Wildman–Crippen MR) is 148 cm³/mol. The molecule has 0 spiro atoms. The van der Waals surface area contributed by atoms with Gasteiger partial charge in [-0.1, -0.05) is 12.1 Å². The quantitative estimate of drug-likeness (QED) is 0.226. The third kappa shape index (κ3) is 6.91. The molecule has 1 atom stereocenters. The van der Waals surface area contributed by atoms with Crippen molar-refractivity contribution < 1.29 is 27.4 Å². The summed E-state index contributed by atoms with van der Waals surface area (Å²) in [6, 6.07) is 14.0. The van der Waals surface area contributed by atoms with E-state index in [0.29, 0.717) is 35.6 Å². The summed E-state index contributed by atoms with van der Waals surface area (Å²) < 4.78 is 51.6. The lowest BCUT2D eigenvalue weighted by atomic mass is 10.1. The minimum atomic E-state index is -4.47. The first-order valence-electron chi connectivity index (χ1n) is 13.3. The Morgan fingerprint density at radius 2 is 1.73 bits per heavy atom. The summed E-state index contributed by atoms with van der Waals surface area (Å²) in [6.45, 7) is 6.77. The van der Waals surface area contributed by atoms with E-state index in [9.17, 15) is 22.8 Å². The molecule has 0 unspecified atom stereocenters. The maximum atomic E-state index is 13.8. The Balaban J connectivity index is 1.75. The van der Waals surface area contributed by atoms with E-state index in [1.165, 1.54) is 27.8 Å². The number of hydrogen-bond donors (Lipinski definition) is 0. The molecule has 0 bridgehead atoms. The van der Waals surface area contributed by atoms with Crippen molar-refractivity contribution in [1.29, 1.82) is 0 Å². The molecule has 4 aromatic rings. The van der Waals surface area contributed by atoms with E-state index in [4.69, 9.17) is 14.5 Å². The first kappa shape index (κ1) is 29.7. The van der Waals surface area contributed by atoms with Crippen molar-refractivity contribution in [2.45, 2.75) is 39.4 Å². The summed E-state index contributed by atoms with van der Waals surface area (Å²) in [7, 11) is 0. The van der Waals surface area contributed by atoms with Gasteiger partial charge in [0.05, 0.1) is 42.3 Å². The number of fused-ring (bicyclic) bond motifs is 1. The van der Waals surface area contributed by atoms with E-state index in [1.807, 2.05) is 13.8 Å². The Kier molecular flexibility index (Phi) is 9.38. The average molecular weight is 569 g/mol. The standard InChI is InChI=1S/C30H31F3N4O4/c1-4-40-18-17-36(26(38)19-21-8-10-22(11-9-21)30(31,32)33)20(3)28-35-27-25(7-6-16-34-27)29(39)37(28)23-12-14-24(15-13-23)41-5-2/h6-16,20H,4-5,17-19H2,1-3H3/t20-/m1/s1. The summed E-state index contributed by atoms with van der Waals surface area (Å²) in [5.74, 6) is 0.563. The third-order valence-electron chi connectivity index (χ3n) is 6.55. The first-order chi connectivity index (χ1) is 19.6. The Bertz CT molecular complexity index is 1540. The first-order valence-corrected chi connectivity index (χ1v) is 13.3. The van der Waals surface area contributed by atoms with Crippen LogP contribution in [0.5, 0.6) is 5.75 Å². The molecule has 8 nitrogen and oxygen atoms in total. The van der Waals surface area contributed by atoms with Crippen LogP contribution in [-0.4, -0.2) is 51.7 Å². The van der Waals surface area contributed by atoms with Crippen LogP contribution in [0.15, 0.2) is 71.7 Å². The molecule has 0 fully saturated rings. The van der Waals surface area contributed by atoms with Gasteiger partial charge >= 0.3 is 6.18 Å². The van der Waals surface area contributed by atoms with Crippen LogP contribution >= 0.6 is 0 Å². The van der Waals surface area contributed by atoms with Crippen LogP contribution in [-0.2, 0) is 22.1 Å². The van der Waals surface area contributed by atoms with Crippen LogP contribution in [0.4, 0.5) is 13.2 Å². The molecule has 0 N–H and O–H groups in total. The van der Waals surface area contributed by atoms with Gasteiger partial charge in [0.2, 0.25) is 5.91 Å². The molecule has 216 valence electrons. The molecule has 0 radical (unpaired) electrons. The zero-order valence-corrected chi connectivity index (χ0v) is 23.0. The van der Waals surface area contributed by atoms with Crippen molar-refractivity contribution in [3.63, 3.8) is 0 Å². The number of pyridine rings is 1. The monoisotopic (exact) mass is 568 g/mol. The number of halogens is 3. The largest absolute Gasteiger partial charge is 0.494 e. The summed E-state index contributed by atoms with van der Waals surface area (Å²) in [5, 5.41) is 0.314. The molecule has 0 saturated heterocycles. The van der Waals surface area contributed by atoms with Crippen molar-refractivity contribution in [2.24, 2.45) is 0 Å². The van der Waals surface area contributed by atoms with E-state index in [-0.39, 0.29) is 42.5 Å². The van der Waals surface area contributed by atoms with Gasteiger partial charge < -0.3 is 14.4 Å². The van der Waals surface area contributed by atoms with Gasteiger partial charge in [0.15, 0.2) is 5.65 Å². The molecule has 41 heavy (non-hydrogen) atoms. The number of carbonyl (C=O) groups is 1. The van der Waals surface area contributed by atoms with Gasteiger partial charge in [-0.05, 0) is 74.9 Å². The van der Waals surface area contributed by atoms with Gasteiger partial charge in [-0.3, -0.25) is 14.2 Å². The van der Waals surface area contributed by atoms with Gasteiger partial charge in [-0.25, -0.2) is 9.97 Å². The SMILES string of the molecule is CCOCCN(C(=O)Cc1ccc(C(F)(F)F)cc1)[C@H](C)c1nc2ncccc2c(=O)n1-c1ccc(OCC)cc1. The van der Waals surface area contributed by atoms with Crippen LogP contribution in [0.25, 0.3) is 16.7 Å². The Morgan fingerprint density at radius 3 is 2.37 bits per heavy atom. The molecule has 0 aliphatic heterocycles. The molecule has 0 saturated carbocycles. The van der Waals surface area contributed by atoms with Gasteiger partial charge in [-0.2, -0.15) is 13.2 Å². The number of nitrogens with zero attached hydrogens (tertiary/aromatic N) is 4. The second kappa shape index (κ2) is 12.9. The predicted octanol–water partition coefficient (Wildman–Crippen LogP) is 5.37. The number of carbonyl (C=O) groups excluding carboxylic acids is 1. The van der Waals surface area contributed by atoms with Crippen LogP contribution in [0, 0.1) is 0 Å². The van der Waals surface area contributed by atoms with E-state index in [1.54, 1.807) is 43.3 Å². The van der Waals surface area contributed by atoms with Crippen LogP contribution in [0.1, 0.15) is 43.8 Å². The maximum absolute atomic E-state index is 13.8. The Morgan fingerprint density at radius 1 is 1.02 bits per heavy atom. The fraction of sp³-hybridized carbons (Fsp3) is 0.333. The van der Waals surface area contributed by atoms with E-state index >= 15 is 0 Å². The maximum Gasteiger partial charge on any atom is 0.416 e. The molecule has 0 aliphatic rings. The van der Waals surface area contributed by atoms with Gasteiger partial charge in [0, 0.05) is 19.3 Å². The fourth-order valence-corrected chi connectivity index (χ4v) is 4.49. The van der Waals surface area contributed by atoms with Crippen molar-refractivity contribution in [2.75, 3.05) is 26.4 Å². The number of alkyl halides is 3. The zero-order chi connectivity index (χ0) is 29.6. The summed E-state index contributed by atoms with van der Waals surface area (Å²) >= 11 is 0. The fourth-order valence-electron chi connectivity index (χ4n) is 4.49. The number of ether oxygens (including phenoxy) is 2. The summed E-state index contributed by atoms with van der Waals surface area (Å²) in [4.78, 5) is 37.9. The van der Waals surface area contributed by atoms with Gasteiger partial charge in [-0.15, -0.1) is 0 Å². The summed E-state index contributed by atoms with van der Waals surface area (Å²) in [5.41, 5.74) is 0.0465. The molecule has 2 aromatic carbocycles. The molecule has 2 aromatic heterocycles. The number of benzene rings is 2. The highest BCUT2D eigenvalue weighted by Crippen LogP contribution is 2.29. The van der Waals surface area contributed by atoms with Crippen LogP contribution in [0.3, 0.4) is 0 Å². The minimum Gasteiger partial charge on any atom is -0.494 e. The molecule has 11 heteroatoms. The lowest BCUT2D eigenvalue weighted by molar-refractivity contribution is -0.137. The molecular formula is C30H31F3N4O4. The Labute approximate surface area is 235 Å². The number of aromatic nitrogens is 3. The lowest BCUT2D eigenvalue weighted by Crippen LogP contribution is -2.40. The third-order valence-corrected chi connectivity index (χ3v) is 6.55. The average Bonchev–Trinajstić information content (AvgIpc) is 2.95. The van der Waals surface area contributed by atoms with Crippen molar-refractivity contribution >= 4 is 16.9 Å². The van der Waals surface area contributed by atoms with Crippen LogP contribution < -0.4 is 10.3 Å². The van der Waals surface area contributed by atoms with Crippen molar-refractivity contribution in [3.05, 3.63) is 94.2 Å². The van der Waals surface area contributed by atoms with E-state index < -0.39 is 17.8 Å². The van der Waals surface area contributed by atoms with Crippen LogP contribution in [0.2, 0.25) is 0 Å². The Hall–Kier alpha value is -4.25. The highest BCUT2D eigenvalue weighted by molar-refractivity contribution is 5.79. The molecular weight excluding hydrogens is 537 g/mol. The van der Waals surface area contributed by atoms with Crippen molar-refractivity contribution in [1.82, 2.24) is 19.4 Å². The van der Waals surface area contributed by atoms with E-state index in [2.05, 4.69) is 4.98 Å². The zero-order valence-electron chi connectivity index (χ0n) is 23.0. The number of amides is 1. The highest BCUT2D eigenvalue weighted by Gasteiger charge is 2.31. The van der Waals surface area contributed by atoms with Crippen molar-refractivity contribution in [3.8, 4) is 11.4 Å². The number of hydrogen-bond acceptors (Lipinski definition) is 6. The topological polar surface area (TPSA) is 86.5 Å². The van der Waals surface area contributed by atoms with E-state index in [0.717, 1.165) is 12.1 Å². The second-order valence-electron chi connectivity index (χ2n) is 9.24. The molecule has 4 rings (SSSR count). The second-order valence-corrected chi connectivity index (χ2v) is 9.24. The normalized spacial score (nSPS) is 12.3. The number of rotatable bonds is 11. The van der Waals surface area contributed by atoms with Gasteiger partial charge in [0.25, 0.3) is 5.56 Å². The highest BCUT2D eigenvalue weighted by atomic mass is 19.4. The smallest absolute Gasteiger partial charge is 0.416 e. The molecule has 2 heterocycles. The minimum absolute atomic E-state index is 0.145.